The highest BCUT2D eigenvalue weighted by molar-refractivity contribution is 5.27. The predicted molar refractivity (Wildman–Crippen MR) is 51.5 cm³/mol. The molecule has 0 fully saturated rings. The van der Waals surface area contributed by atoms with Crippen LogP contribution in [-0.2, 0) is 6.42 Å². The Morgan fingerprint density at radius 2 is 2.00 bits per heavy atom. The van der Waals surface area contributed by atoms with Gasteiger partial charge in [0.05, 0.1) is 12.7 Å². The molecule has 0 N–H and O–H groups in total. The van der Waals surface area contributed by atoms with Crippen LogP contribution in [-0.4, -0.2) is 6.61 Å². The van der Waals surface area contributed by atoms with Crippen LogP contribution in [0.15, 0.2) is 24.3 Å². The van der Waals surface area contributed by atoms with Crippen molar-refractivity contribution in [2.24, 2.45) is 0 Å². The van der Waals surface area contributed by atoms with E-state index in [4.69, 9.17) is 10.00 Å². The molecule has 1 rings (SSSR count). The Morgan fingerprint density at radius 1 is 1.31 bits per heavy atom. The average Bonchev–Trinajstić information content (AvgIpc) is 2.17. The number of nitrogens with zero attached hydrogens (tertiary/aromatic N) is 1. The third kappa shape index (κ3) is 3.16. The molecule has 0 aliphatic heterocycles. The van der Waals surface area contributed by atoms with Crippen LogP contribution in [0.4, 0.5) is 0 Å². The number of ether oxygens (including phenoxy) is 1. The van der Waals surface area contributed by atoms with Crippen molar-refractivity contribution in [3.05, 3.63) is 29.8 Å². The summed E-state index contributed by atoms with van der Waals surface area (Å²) in [5.41, 5.74) is 1.19. The van der Waals surface area contributed by atoms with Gasteiger partial charge in [-0.25, -0.2) is 0 Å². The lowest BCUT2D eigenvalue weighted by molar-refractivity contribution is 0.340. The Kier molecular flexibility index (Phi) is 3.84. The summed E-state index contributed by atoms with van der Waals surface area (Å²) >= 11 is 0. The van der Waals surface area contributed by atoms with Gasteiger partial charge in [-0.15, -0.1) is 0 Å². The normalized spacial score (nSPS) is 9.23. The summed E-state index contributed by atoms with van der Waals surface area (Å²) in [6, 6.07) is 10.0. The monoisotopic (exact) mass is 175 g/mol. The van der Waals surface area contributed by atoms with Gasteiger partial charge < -0.3 is 4.74 Å². The highest BCUT2D eigenvalue weighted by Gasteiger charge is 1.93. The summed E-state index contributed by atoms with van der Waals surface area (Å²) in [6.45, 7) is 2.65. The van der Waals surface area contributed by atoms with Gasteiger partial charge in [0.2, 0.25) is 0 Å². The van der Waals surface area contributed by atoms with Crippen molar-refractivity contribution in [2.45, 2.75) is 19.8 Å². The maximum Gasteiger partial charge on any atom is 0.119 e. The van der Waals surface area contributed by atoms with Crippen LogP contribution in [0.25, 0.3) is 0 Å². The molecule has 13 heavy (non-hydrogen) atoms. The Bertz CT molecular complexity index is 284. The maximum atomic E-state index is 8.39. The standard InChI is InChI=1S/C11H13NO/c1-2-13-11-7-5-10(6-8-11)4-3-9-12/h5-8H,2-4H2,1H3. The molecule has 0 amide bonds. The van der Waals surface area contributed by atoms with Crippen LogP contribution >= 0.6 is 0 Å². The fourth-order valence-electron chi connectivity index (χ4n) is 1.12. The number of hydrogen-bond donors (Lipinski definition) is 0. The van der Waals surface area contributed by atoms with Gasteiger partial charge in [0, 0.05) is 6.42 Å². The van der Waals surface area contributed by atoms with Crippen molar-refractivity contribution in [3.8, 4) is 11.8 Å². The van der Waals surface area contributed by atoms with Crippen molar-refractivity contribution < 1.29 is 4.74 Å². The first-order chi connectivity index (χ1) is 6.36. The van der Waals surface area contributed by atoms with Gasteiger partial charge >= 0.3 is 0 Å². The second-order valence-electron chi connectivity index (χ2n) is 2.74. The van der Waals surface area contributed by atoms with Gasteiger partial charge in [0.1, 0.15) is 5.75 Å². The van der Waals surface area contributed by atoms with E-state index in [0.29, 0.717) is 13.0 Å². The van der Waals surface area contributed by atoms with E-state index in [0.717, 1.165) is 12.2 Å². The second-order valence-corrected chi connectivity index (χ2v) is 2.74. The van der Waals surface area contributed by atoms with Crippen LogP contribution in [0.2, 0.25) is 0 Å². The van der Waals surface area contributed by atoms with Crippen LogP contribution in [0, 0.1) is 11.3 Å². The van der Waals surface area contributed by atoms with Crippen molar-refractivity contribution >= 4 is 0 Å². The van der Waals surface area contributed by atoms with E-state index >= 15 is 0 Å². The third-order valence-corrected chi connectivity index (χ3v) is 1.76. The molecule has 0 aliphatic carbocycles. The molecule has 0 radical (unpaired) electrons. The molecule has 0 saturated carbocycles. The molecule has 2 nitrogen and oxygen atoms in total. The first-order valence-corrected chi connectivity index (χ1v) is 4.45. The van der Waals surface area contributed by atoms with Crippen molar-refractivity contribution in [3.63, 3.8) is 0 Å². The van der Waals surface area contributed by atoms with Gasteiger partial charge in [0.15, 0.2) is 0 Å². The first kappa shape index (κ1) is 9.60. The molecule has 0 atom stereocenters. The summed E-state index contributed by atoms with van der Waals surface area (Å²) in [6.07, 6.45) is 1.40. The van der Waals surface area contributed by atoms with E-state index in [2.05, 4.69) is 6.07 Å². The largest absolute Gasteiger partial charge is 0.494 e. The lowest BCUT2D eigenvalue weighted by atomic mass is 10.1. The van der Waals surface area contributed by atoms with E-state index < -0.39 is 0 Å². The molecule has 0 unspecified atom stereocenters. The molecule has 0 spiro atoms. The molecular formula is C11H13NO. The maximum absolute atomic E-state index is 8.39. The SMILES string of the molecule is CCOc1ccc(CCC#N)cc1. The smallest absolute Gasteiger partial charge is 0.119 e. The zero-order valence-corrected chi connectivity index (χ0v) is 7.79. The van der Waals surface area contributed by atoms with Gasteiger partial charge in [-0.1, -0.05) is 12.1 Å². The minimum Gasteiger partial charge on any atom is -0.494 e. The molecule has 1 aromatic carbocycles. The van der Waals surface area contributed by atoms with Crippen LogP contribution in [0.1, 0.15) is 18.9 Å². The Balaban J connectivity index is 2.54. The number of benzene rings is 1. The van der Waals surface area contributed by atoms with Crippen LogP contribution in [0.5, 0.6) is 5.75 Å². The summed E-state index contributed by atoms with van der Waals surface area (Å²) < 4.78 is 5.30. The van der Waals surface area contributed by atoms with Crippen molar-refractivity contribution in [2.75, 3.05) is 6.61 Å². The predicted octanol–water partition coefficient (Wildman–Crippen LogP) is 2.54. The molecule has 0 aliphatic rings. The van der Waals surface area contributed by atoms with E-state index in [-0.39, 0.29) is 0 Å². The minimum absolute atomic E-state index is 0.577. The average molecular weight is 175 g/mol. The topological polar surface area (TPSA) is 33.0 Å². The summed E-state index contributed by atoms with van der Waals surface area (Å²) in [5.74, 6) is 0.892. The number of aryl methyl sites for hydroxylation is 1. The number of nitriles is 1. The fourth-order valence-corrected chi connectivity index (χ4v) is 1.12. The van der Waals surface area contributed by atoms with E-state index in [1.807, 2.05) is 31.2 Å². The fraction of sp³-hybridized carbons (Fsp3) is 0.364. The number of rotatable bonds is 4. The molecule has 0 heterocycles. The molecule has 2 heteroatoms. The Hall–Kier alpha value is -1.49. The first-order valence-electron chi connectivity index (χ1n) is 4.45. The minimum atomic E-state index is 0.577. The molecule has 68 valence electrons. The van der Waals surface area contributed by atoms with Gasteiger partial charge in [-0.2, -0.15) is 5.26 Å². The van der Waals surface area contributed by atoms with Crippen molar-refractivity contribution in [1.82, 2.24) is 0 Å². The second kappa shape index (κ2) is 5.21. The molecule has 0 saturated heterocycles. The summed E-state index contributed by atoms with van der Waals surface area (Å²) in [7, 11) is 0. The highest BCUT2D eigenvalue weighted by Crippen LogP contribution is 2.12. The lowest BCUT2D eigenvalue weighted by Crippen LogP contribution is -1.91. The van der Waals surface area contributed by atoms with Crippen LogP contribution < -0.4 is 4.74 Å². The molecule has 0 bridgehead atoms. The van der Waals surface area contributed by atoms with E-state index in [1.165, 1.54) is 5.56 Å². The third-order valence-electron chi connectivity index (χ3n) is 1.76. The quantitative estimate of drug-likeness (QED) is 0.704. The molecular weight excluding hydrogens is 162 g/mol. The number of hydrogen-bond acceptors (Lipinski definition) is 2. The van der Waals surface area contributed by atoms with Gasteiger partial charge in [0.25, 0.3) is 0 Å². The molecule has 1 aromatic rings. The zero-order valence-electron chi connectivity index (χ0n) is 7.79. The summed E-state index contributed by atoms with van der Waals surface area (Å²) in [4.78, 5) is 0. The van der Waals surface area contributed by atoms with Gasteiger partial charge in [-0.3, -0.25) is 0 Å². The van der Waals surface area contributed by atoms with Crippen LogP contribution in [0.3, 0.4) is 0 Å². The highest BCUT2D eigenvalue weighted by atomic mass is 16.5. The van der Waals surface area contributed by atoms with E-state index in [9.17, 15) is 0 Å². The Morgan fingerprint density at radius 3 is 2.54 bits per heavy atom. The zero-order chi connectivity index (χ0) is 9.52. The Labute approximate surface area is 78.8 Å². The lowest BCUT2D eigenvalue weighted by Gasteiger charge is -2.03. The van der Waals surface area contributed by atoms with E-state index in [1.54, 1.807) is 0 Å². The molecule has 0 aromatic heterocycles. The van der Waals surface area contributed by atoms with Gasteiger partial charge in [-0.05, 0) is 31.0 Å². The summed E-state index contributed by atoms with van der Waals surface area (Å²) in [5, 5.41) is 8.39. The van der Waals surface area contributed by atoms with Crippen molar-refractivity contribution in [1.29, 1.82) is 5.26 Å².